The Kier molecular flexibility index (Phi) is 5.99. The van der Waals surface area contributed by atoms with E-state index < -0.39 is 0 Å². The molecule has 2 aromatic carbocycles. The minimum atomic E-state index is -0.0623. The van der Waals surface area contributed by atoms with E-state index in [1.165, 1.54) is 16.7 Å². The topological polar surface area (TPSA) is 54.9 Å². The highest BCUT2D eigenvalue weighted by atomic mass is 32.2. The Morgan fingerprint density at radius 2 is 1.97 bits per heavy atom. The van der Waals surface area contributed by atoms with E-state index in [1.54, 1.807) is 34.4 Å². The lowest BCUT2D eigenvalue weighted by Gasteiger charge is -2.05. The van der Waals surface area contributed by atoms with Crippen molar-refractivity contribution in [1.82, 2.24) is 9.97 Å². The Bertz CT molecular complexity index is 1180. The van der Waals surface area contributed by atoms with Gasteiger partial charge < -0.3 is 5.32 Å². The maximum atomic E-state index is 12.4. The van der Waals surface area contributed by atoms with Crippen LogP contribution in [0.5, 0.6) is 0 Å². The predicted octanol–water partition coefficient (Wildman–Crippen LogP) is 6.15. The fourth-order valence-electron chi connectivity index (χ4n) is 3.02. The van der Waals surface area contributed by atoms with Gasteiger partial charge in [0.05, 0.1) is 27.3 Å². The molecule has 0 fully saturated rings. The number of fused-ring (bicyclic) bond motifs is 1. The Balaban J connectivity index is 1.35. The van der Waals surface area contributed by atoms with Gasteiger partial charge in [-0.2, -0.15) is 0 Å². The third-order valence-corrected chi connectivity index (χ3v) is 7.58. The average molecular weight is 440 g/mol. The number of amides is 1. The SMILES string of the molecule is Cc1ccc(C)c(CSc2nc(CC(=O)Nc3ccc4sc(C)nc4c3)cs2)c1. The normalized spacial score (nSPS) is 11.1. The van der Waals surface area contributed by atoms with Crippen molar-refractivity contribution >= 4 is 56.2 Å². The molecule has 0 spiro atoms. The van der Waals surface area contributed by atoms with Gasteiger partial charge in [0.1, 0.15) is 4.34 Å². The number of nitrogens with one attached hydrogen (secondary N) is 1. The Hall–Kier alpha value is -2.22. The summed E-state index contributed by atoms with van der Waals surface area (Å²) in [7, 11) is 0. The van der Waals surface area contributed by atoms with Crippen LogP contribution in [0.2, 0.25) is 0 Å². The molecule has 0 saturated heterocycles. The smallest absolute Gasteiger partial charge is 0.230 e. The van der Waals surface area contributed by atoms with Crippen molar-refractivity contribution in [2.24, 2.45) is 0 Å². The summed E-state index contributed by atoms with van der Waals surface area (Å²) in [6, 6.07) is 12.4. The summed E-state index contributed by atoms with van der Waals surface area (Å²) >= 11 is 4.97. The number of hydrogen-bond acceptors (Lipinski definition) is 6. The highest BCUT2D eigenvalue weighted by molar-refractivity contribution is 8.00. The van der Waals surface area contributed by atoms with Gasteiger partial charge in [0, 0.05) is 16.8 Å². The number of carbonyl (C=O) groups excluding carboxylic acids is 1. The summed E-state index contributed by atoms with van der Waals surface area (Å²) in [5.41, 5.74) is 6.40. The van der Waals surface area contributed by atoms with Crippen LogP contribution in [0.3, 0.4) is 0 Å². The van der Waals surface area contributed by atoms with Gasteiger partial charge in [-0.05, 0) is 50.1 Å². The number of thioether (sulfide) groups is 1. The zero-order chi connectivity index (χ0) is 20.4. The van der Waals surface area contributed by atoms with Crippen LogP contribution in [-0.2, 0) is 17.0 Å². The van der Waals surface area contributed by atoms with E-state index in [-0.39, 0.29) is 12.3 Å². The van der Waals surface area contributed by atoms with Crippen LogP contribution < -0.4 is 5.32 Å². The second kappa shape index (κ2) is 8.65. The fraction of sp³-hybridized carbons (Fsp3) is 0.227. The van der Waals surface area contributed by atoms with Crippen molar-refractivity contribution in [1.29, 1.82) is 0 Å². The monoisotopic (exact) mass is 439 g/mol. The van der Waals surface area contributed by atoms with Gasteiger partial charge in [-0.15, -0.1) is 22.7 Å². The Morgan fingerprint density at radius 1 is 1.10 bits per heavy atom. The summed E-state index contributed by atoms with van der Waals surface area (Å²) in [6.07, 6.45) is 0.272. The molecule has 7 heteroatoms. The highest BCUT2D eigenvalue weighted by Gasteiger charge is 2.10. The van der Waals surface area contributed by atoms with E-state index >= 15 is 0 Å². The van der Waals surface area contributed by atoms with Gasteiger partial charge in [-0.25, -0.2) is 9.97 Å². The number of thiazole rings is 2. The molecule has 0 aliphatic carbocycles. The molecule has 4 rings (SSSR count). The van der Waals surface area contributed by atoms with Crippen molar-refractivity contribution in [3.8, 4) is 0 Å². The Labute approximate surface area is 182 Å². The van der Waals surface area contributed by atoms with Crippen LogP contribution in [0.25, 0.3) is 10.2 Å². The lowest BCUT2D eigenvalue weighted by molar-refractivity contribution is -0.115. The summed E-state index contributed by atoms with van der Waals surface area (Å²) in [6.45, 7) is 6.24. The number of hydrogen-bond donors (Lipinski definition) is 1. The van der Waals surface area contributed by atoms with Crippen molar-refractivity contribution < 1.29 is 4.79 Å². The maximum Gasteiger partial charge on any atom is 0.230 e. The van der Waals surface area contributed by atoms with Crippen LogP contribution in [-0.4, -0.2) is 15.9 Å². The van der Waals surface area contributed by atoms with Gasteiger partial charge in [-0.3, -0.25) is 4.79 Å². The highest BCUT2D eigenvalue weighted by Crippen LogP contribution is 2.28. The van der Waals surface area contributed by atoms with E-state index in [0.29, 0.717) is 0 Å². The number of aryl methyl sites for hydroxylation is 3. The average Bonchev–Trinajstić information content (AvgIpc) is 3.27. The molecule has 2 heterocycles. The molecule has 0 aliphatic heterocycles. The maximum absolute atomic E-state index is 12.4. The number of benzene rings is 2. The molecule has 4 nitrogen and oxygen atoms in total. The first-order valence-electron chi connectivity index (χ1n) is 9.26. The second-order valence-corrected chi connectivity index (χ2v) is 10.3. The summed E-state index contributed by atoms with van der Waals surface area (Å²) in [5, 5.41) is 5.95. The molecule has 0 atom stereocenters. The standard InChI is InChI=1S/C22H21N3OS3/c1-13-4-5-14(2)16(8-13)11-27-22-25-18(12-28-22)10-21(26)24-17-6-7-20-19(9-17)23-15(3)29-20/h4-9,12H,10-11H2,1-3H3,(H,24,26). The van der Waals surface area contributed by atoms with Crippen molar-refractivity contribution in [3.05, 3.63) is 69.2 Å². The summed E-state index contributed by atoms with van der Waals surface area (Å²) in [5.74, 6) is 0.826. The lowest BCUT2D eigenvalue weighted by Crippen LogP contribution is -2.14. The third-order valence-electron chi connectivity index (χ3n) is 4.51. The largest absolute Gasteiger partial charge is 0.326 e. The first kappa shape index (κ1) is 20.1. The minimum Gasteiger partial charge on any atom is -0.326 e. The number of anilines is 1. The zero-order valence-corrected chi connectivity index (χ0v) is 18.9. The predicted molar refractivity (Wildman–Crippen MR) is 124 cm³/mol. The van der Waals surface area contributed by atoms with Crippen LogP contribution in [0, 0.1) is 20.8 Å². The fourth-order valence-corrected chi connectivity index (χ4v) is 5.74. The summed E-state index contributed by atoms with van der Waals surface area (Å²) < 4.78 is 2.12. The zero-order valence-electron chi connectivity index (χ0n) is 16.5. The quantitative estimate of drug-likeness (QED) is 0.366. The number of nitrogens with zero attached hydrogens (tertiary/aromatic N) is 2. The number of carbonyl (C=O) groups is 1. The molecule has 0 radical (unpaired) electrons. The first-order valence-corrected chi connectivity index (χ1v) is 11.9. The van der Waals surface area contributed by atoms with Gasteiger partial charge in [0.25, 0.3) is 0 Å². The molecule has 148 valence electrons. The molecule has 29 heavy (non-hydrogen) atoms. The van der Waals surface area contributed by atoms with E-state index in [0.717, 1.165) is 36.7 Å². The number of aromatic nitrogens is 2. The first-order chi connectivity index (χ1) is 14.0. The van der Waals surface area contributed by atoms with Gasteiger partial charge >= 0.3 is 0 Å². The van der Waals surface area contributed by atoms with Crippen LogP contribution >= 0.6 is 34.4 Å². The van der Waals surface area contributed by atoms with Crippen molar-refractivity contribution in [3.63, 3.8) is 0 Å². The third kappa shape index (κ3) is 5.04. The molecule has 0 aliphatic rings. The molecule has 2 aromatic heterocycles. The molecule has 1 amide bonds. The summed E-state index contributed by atoms with van der Waals surface area (Å²) in [4.78, 5) is 21.5. The number of rotatable bonds is 6. The van der Waals surface area contributed by atoms with Gasteiger partial charge in [0.15, 0.2) is 0 Å². The molecular weight excluding hydrogens is 418 g/mol. The van der Waals surface area contributed by atoms with Crippen molar-refractivity contribution in [2.75, 3.05) is 5.32 Å². The molecule has 1 N–H and O–H groups in total. The van der Waals surface area contributed by atoms with Gasteiger partial charge in [0.2, 0.25) is 5.91 Å². The van der Waals surface area contributed by atoms with E-state index in [1.807, 2.05) is 30.5 Å². The van der Waals surface area contributed by atoms with E-state index in [9.17, 15) is 4.79 Å². The van der Waals surface area contributed by atoms with E-state index in [4.69, 9.17) is 0 Å². The molecule has 0 unspecified atom stereocenters. The lowest BCUT2D eigenvalue weighted by atomic mass is 10.1. The second-order valence-electron chi connectivity index (χ2n) is 6.96. The van der Waals surface area contributed by atoms with Crippen LogP contribution in [0.15, 0.2) is 46.1 Å². The molecule has 0 bridgehead atoms. The van der Waals surface area contributed by atoms with Gasteiger partial charge in [-0.1, -0.05) is 35.5 Å². The van der Waals surface area contributed by atoms with E-state index in [2.05, 4.69) is 47.3 Å². The van der Waals surface area contributed by atoms with Crippen molar-refractivity contribution in [2.45, 2.75) is 37.3 Å². The molecule has 4 aromatic rings. The Morgan fingerprint density at radius 3 is 2.83 bits per heavy atom. The van der Waals surface area contributed by atoms with Crippen LogP contribution in [0.1, 0.15) is 27.4 Å². The van der Waals surface area contributed by atoms with Crippen LogP contribution in [0.4, 0.5) is 5.69 Å². The molecular formula is C22H21N3OS3. The minimum absolute atomic E-state index is 0.0623. The molecule has 0 saturated carbocycles.